The van der Waals surface area contributed by atoms with Gasteiger partial charge in [-0.3, -0.25) is 0 Å². The van der Waals surface area contributed by atoms with E-state index in [4.69, 9.17) is 11.6 Å². The van der Waals surface area contributed by atoms with Gasteiger partial charge in [-0.15, -0.1) is 0 Å². The Morgan fingerprint density at radius 2 is 2.22 bits per heavy atom. The van der Waals surface area contributed by atoms with E-state index in [0.29, 0.717) is 11.2 Å². The van der Waals surface area contributed by atoms with Gasteiger partial charge in [0.1, 0.15) is 5.82 Å². The van der Waals surface area contributed by atoms with E-state index in [-0.39, 0.29) is 0 Å². The summed E-state index contributed by atoms with van der Waals surface area (Å²) in [6.45, 7) is 7.33. The molecule has 0 spiro atoms. The Balaban J connectivity index is 2.39. The lowest BCUT2D eigenvalue weighted by molar-refractivity contribution is 0.588. The van der Waals surface area contributed by atoms with Crippen molar-refractivity contribution in [2.75, 3.05) is 11.5 Å². The van der Waals surface area contributed by atoms with Crippen molar-refractivity contribution in [3.8, 4) is 0 Å². The molecule has 3 nitrogen and oxygen atoms in total. The molecule has 0 aliphatic heterocycles. The van der Waals surface area contributed by atoms with Gasteiger partial charge in [0.05, 0.1) is 5.69 Å². The van der Waals surface area contributed by atoms with Crippen molar-refractivity contribution in [1.29, 1.82) is 0 Å². The third-order valence-corrected chi connectivity index (χ3v) is 4.20. The Morgan fingerprint density at radius 3 is 2.89 bits per heavy atom. The van der Waals surface area contributed by atoms with Gasteiger partial charge in [0.15, 0.2) is 5.15 Å². The number of aryl methyl sites for hydroxylation is 1. The number of nitrogens with one attached hydrogen (secondary N) is 2. The first-order valence-electron chi connectivity index (χ1n) is 6.71. The second-order valence-electron chi connectivity index (χ2n) is 4.50. The highest BCUT2D eigenvalue weighted by Crippen LogP contribution is 2.14. The van der Waals surface area contributed by atoms with Gasteiger partial charge in [0, 0.05) is 24.8 Å². The molecule has 104 valence electrons. The number of hydrogen-bond donors (Lipinski definition) is 2. The number of thioether (sulfide) groups is 1. The van der Waals surface area contributed by atoms with Crippen molar-refractivity contribution in [3.05, 3.63) is 16.7 Å². The van der Waals surface area contributed by atoms with Crippen LogP contribution in [0.5, 0.6) is 0 Å². The molecule has 5 heteroatoms. The minimum atomic E-state index is 0.494. The highest BCUT2D eigenvalue weighted by atomic mass is 35.5. The lowest BCUT2D eigenvalue weighted by Crippen LogP contribution is -2.28. The number of unbranched alkanes of at least 4 members (excludes halogenated alkanes) is 1. The molecule has 0 radical (unpaired) electrons. The van der Waals surface area contributed by atoms with E-state index >= 15 is 0 Å². The van der Waals surface area contributed by atoms with Crippen LogP contribution in [0.2, 0.25) is 5.15 Å². The predicted molar refractivity (Wildman–Crippen MR) is 81.5 cm³/mol. The maximum Gasteiger partial charge on any atom is 0.151 e. The van der Waals surface area contributed by atoms with E-state index in [1.807, 2.05) is 11.8 Å². The molecule has 1 unspecified atom stereocenters. The standard InChI is InChI=1S/C13H24ClN3S/c1-4-6-7-12-16-11(13(14)17-12)8-15-10(3)9-18-5-2/h10,15H,4-9H2,1-3H3,(H,16,17). The fourth-order valence-electron chi connectivity index (χ4n) is 1.65. The van der Waals surface area contributed by atoms with Crippen molar-refractivity contribution in [2.45, 2.75) is 52.6 Å². The monoisotopic (exact) mass is 289 g/mol. The summed E-state index contributed by atoms with van der Waals surface area (Å²) in [5, 5.41) is 4.08. The fraction of sp³-hybridized carbons (Fsp3) is 0.769. The first kappa shape index (κ1) is 15.9. The Bertz CT molecular complexity index is 341. The molecule has 1 aromatic rings. The van der Waals surface area contributed by atoms with Gasteiger partial charge in [0.25, 0.3) is 0 Å². The van der Waals surface area contributed by atoms with E-state index < -0.39 is 0 Å². The molecular weight excluding hydrogens is 266 g/mol. The van der Waals surface area contributed by atoms with Gasteiger partial charge in [-0.1, -0.05) is 31.9 Å². The van der Waals surface area contributed by atoms with Gasteiger partial charge in [-0.25, -0.2) is 4.98 Å². The van der Waals surface area contributed by atoms with Crippen LogP contribution in [-0.4, -0.2) is 27.5 Å². The minimum Gasteiger partial charge on any atom is -0.344 e. The van der Waals surface area contributed by atoms with Crippen molar-refractivity contribution < 1.29 is 0 Å². The summed E-state index contributed by atoms with van der Waals surface area (Å²) in [6, 6.07) is 0.494. The van der Waals surface area contributed by atoms with Gasteiger partial charge in [0.2, 0.25) is 0 Å². The Labute approximate surface area is 119 Å². The average molecular weight is 290 g/mol. The molecule has 0 bridgehead atoms. The zero-order valence-electron chi connectivity index (χ0n) is 11.6. The quantitative estimate of drug-likeness (QED) is 0.729. The summed E-state index contributed by atoms with van der Waals surface area (Å²) in [4.78, 5) is 7.67. The molecule has 0 fully saturated rings. The zero-order valence-corrected chi connectivity index (χ0v) is 13.1. The number of hydrogen-bond acceptors (Lipinski definition) is 3. The molecule has 1 atom stereocenters. The van der Waals surface area contributed by atoms with Crippen molar-refractivity contribution >= 4 is 23.4 Å². The maximum absolute atomic E-state index is 6.12. The van der Waals surface area contributed by atoms with Crippen LogP contribution >= 0.6 is 23.4 Å². The number of halogens is 1. The highest BCUT2D eigenvalue weighted by Gasteiger charge is 2.09. The molecule has 0 saturated heterocycles. The Hall–Kier alpha value is -0.190. The number of aromatic nitrogens is 2. The van der Waals surface area contributed by atoms with Crippen molar-refractivity contribution in [3.63, 3.8) is 0 Å². The number of aromatic amines is 1. The molecule has 1 aromatic heterocycles. The number of imidazole rings is 1. The second kappa shape index (κ2) is 8.83. The summed E-state index contributed by atoms with van der Waals surface area (Å²) in [5.41, 5.74) is 1.01. The van der Waals surface area contributed by atoms with Crippen LogP contribution in [-0.2, 0) is 13.0 Å². The summed E-state index contributed by atoms with van der Waals surface area (Å²) in [6.07, 6.45) is 3.31. The smallest absolute Gasteiger partial charge is 0.151 e. The molecule has 18 heavy (non-hydrogen) atoms. The van der Waals surface area contributed by atoms with E-state index in [1.165, 1.54) is 6.42 Å². The molecule has 0 saturated carbocycles. The molecule has 1 heterocycles. The second-order valence-corrected chi connectivity index (χ2v) is 6.17. The van der Waals surface area contributed by atoms with Crippen LogP contribution in [0.3, 0.4) is 0 Å². The predicted octanol–water partition coefficient (Wildman–Crippen LogP) is 3.64. The van der Waals surface area contributed by atoms with E-state index in [2.05, 4.69) is 36.1 Å². The summed E-state index contributed by atoms with van der Waals surface area (Å²) in [7, 11) is 0. The van der Waals surface area contributed by atoms with Crippen LogP contribution in [0.4, 0.5) is 0 Å². The zero-order chi connectivity index (χ0) is 13.4. The first-order chi connectivity index (χ1) is 8.67. The lowest BCUT2D eigenvalue weighted by Gasteiger charge is -2.12. The van der Waals surface area contributed by atoms with Crippen molar-refractivity contribution in [2.24, 2.45) is 0 Å². The lowest BCUT2D eigenvalue weighted by atomic mass is 10.2. The SMILES string of the molecule is CCCCc1nc(Cl)c(CNC(C)CSCC)[nH]1. The summed E-state index contributed by atoms with van der Waals surface area (Å²) < 4.78 is 0. The van der Waals surface area contributed by atoms with E-state index in [9.17, 15) is 0 Å². The van der Waals surface area contributed by atoms with E-state index in [1.54, 1.807) is 0 Å². The maximum atomic E-state index is 6.12. The van der Waals surface area contributed by atoms with Crippen LogP contribution < -0.4 is 5.32 Å². The van der Waals surface area contributed by atoms with Crippen LogP contribution in [0.1, 0.15) is 45.1 Å². The first-order valence-corrected chi connectivity index (χ1v) is 8.25. The number of rotatable bonds is 9. The molecule has 0 aromatic carbocycles. The van der Waals surface area contributed by atoms with Gasteiger partial charge in [-0.05, 0) is 19.1 Å². The minimum absolute atomic E-state index is 0.494. The number of nitrogens with zero attached hydrogens (tertiary/aromatic N) is 1. The fourth-order valence-corrected chi connectivity index (χ4v) is 2.57. The summed E-state index contributed by atoms with van der Waals surface area (Å²) >= 11 is 8.07. The van der Waals surface area contributed by atoms with Crippen LogP contribution in [0.25, 0.3) is 0 Å². The van der Waals surface area contributed by atoms with Gasteiger partial charge < -0.3 is 10.3 Å². The largest absolute Gasteiger partial charge is 0.344 e. The van der Waals surface area contributed by atoms with Crippen molar-refractivity contribution in [1.82, 2.24) is 15.3 Å². The van der Waals surface area contributed by atoms with Crippen LogP contribution in [0.15, 0.2) is 0 Å². The molecule has 0 aliphatic rings. The molecule has 1 rings (SSSR count). The highest BCUT2D eigenvalue weighted by molar-refractivity contribution is 7.99. The molecular formula is C13H24ClN3S. The third-order valence-electron chi connectivity index (χ3n) is 2.74. The molecule has 0 amide bonds. The molecule has 0 aliphatic carbocycles. The third kappa shape index (κ3) is 5.63. The normalized spacial score (nSPS) is 12.9. The average Bonchev–Trinajstić information content (AvgIpc) is 2.72. The van der Waals surface area contributed by atoms with Gasteiger partial charge in [-0.2, -0.15) is 11.8 Å². The molecule has 2 N–H and O–H groups in total. The van der Waals surface area contributed by atoms with Crippen LogP contribution in [0, 0.1) is 0 Å². The summed E-state index contributed by atoms with van der Waals surface area (Å²) in [5.74, 6) is 3.30. The number of H-pyrrole nitrogens is 1. The topological polar surface area (TPSA) is 40.7 Å². The van der Waals surface area contributed by atoms with E-state index in [0.717, 1.165) is 42.4 Å². The Kier molecular flexibility index (Phi) is 7.79. The Morgan fingerprint density at radius 1 is 1.44 bits per heavy atom. The van der Waals surface area contributed by atoms with Gasteiger partial charge >= 0.3 is 0 Å².